The van der Waals surface area contributed by atoms with Crippen LogP contribution in [0.5, 0.6) is 11.5 Å². The summed E-state index contributed by atoms with van der Waals surface area (Å²) < 4.78 is 12.4. The molecular weight excluding hydrogens is 507 g/mol. The van der Waals surface area contributed by atoms with Gasteiger partial charge >= 0.3 is 0 Å². The first-order valence-electron chi connectivity index (χ1n) is 10.7. The van der Waals surface area contributed by atoms with Gasteiger partial charge in [0.25, 0.3) is 0 Å². The van der Waals surface area contributed by atoms with Gasteiger partial charge in [0.2, 0.25) is 0 Å². The first-order chi connectivity index (χ1) is 16.9. The minimum atomic E-state index is -0.585. The summed E-state index contributed by atoms with van der Waals surface area (Å²) in [7, 11) is 0. The largest absolute Gasteiger partial charge is 0.486 e. The van der Waals surface area contributed by atoms with E-state index in [0.29, 0.717) is 22.6 Å². The van der Waals surface area contributed by atoms with Crippen molar-refractivity contribution in [1.29, 1.82) is 10.8 Å². The van der Waals surface area contributed by atoms with Crippen LogP contribution in [-0.4, -0.2) is 47.9 Å². The molecule has 12 nitrogen and oxygen atoms in total. The van der Waals surface area contributed by atoms with Crippen molar-refractivity contribution in [2.45, 2.75) is 37.1 Å². The van der Waals surface area contributed by atoms with E-state index in [4.69, 9.17) is 77.9 Å². The maximum atomic E-state index is 7.58. The SMILES string of the molecule is N=C(N)c1ccc(O[C@H]2C[C@@H](Oc3ccc(C(=N)N)cc3Cl)[C@H](N=C(N)N)C[C@@H]2N=C(N)N)c(Cl)c1. The summed E-state index contributed by atoms with van der Waals surface area (Å²) in [6, 6.07) is 8.48. The standard InChI is InChI=1S/C22H28Cl2N10O2/c23-11-5-9(19(25)26)1-3-15(11)35-17-8-18(14(34-22(31)32)7-13(17)33-21(29)30)36-16-4-2-10(20(27)28)6-12(16)24/h1-6,13-14,17-18H,7-8H2,(H3,25,26)(H3,27,28)(H4,29,30,33)(H4,31,32,34)/t13-,14+,17-,18+. The summed E-state index contributed by atoms with van der Waals surface area (Å²) in [5.74, 6) is 0.201. The molecule has 0 aliphatic heterocycles. The fraction of sp³-hybridized carbons (Fsp3) is 0.273. The number of nitrogens with one attached hydrogen (secondary N) is 2. The van der Waals surface area contributed by atoms with Crippen LogP contribution in [0.1, 0.15) is 24.0 Å². The van der Waals surface area contributed by atoms with E-state index in [-0.39, 0.29) is 46.5 Å². The maximum Gasteiger partial charge on any atom is 0.186 e. The number of ether oxygens (including phenoxy) is 2. The van der Waals surface area contributed by atoms with E-state index in [1.54, 1.807) is 24.3 Å². The molecule has 192 valence electrons. The summed E-state index contributed by atoms with van der Waals surface area (Å²) in [5.41, 5.74) is 34.7. The Morgan fingerprint density at radius 1 is 0.694 bits per heavy atom. The summed E-state index contributed by atoms with van der Waals surface area (Å²) >= 11 is 12.8. The van der Waals surface area contributed by atoms with E-state index in [2.05, 4.69) is 9.98 Å². The number of guanidine groups is 2. The zero-order chi connectivity index (χ0) is 26.6. The zero-order valence-electron chi connectivity index (χ0n) is 19.1. The molecule has 1 aliphatic carbocycles. The molecule has 1 aliphatic rings. The second-order valence-electron chi connectivity index (χ2n) is 8.14. The number of nitrogen functional groups attached to an aromatic ring is 2. The number of benzene rings is 2. The predicted molar refractivity (Wildman–Crippen MR) is 142 cm³/mol. The minimum absolute atomic E-state index is 0.124. The number of rotatable bonds is 8. The van der Waals surface area contributed by atoms with Gasteiger partial charge in [0.1, 0.15) is 35.4 Å². The fourth-order valence-electron chi connectivity index (χ4n) is 3.86. The highest BCUT2D eigenvalue weighted by Crippen LogP contribution is 2.35. The molecule has 1 saturated carbocycles. The number of aliphatic imine (C=N–C) groups is 2. The first-order valence-corrected chi connectivity index (χ1v) is 11.5. The average Bonchev–Trinajstić information content (AvgIpc) is 2.78. The van der Waals surface area contributed by atoms with Crippen molar-refractivity contribution in [2.75, 3.05) is 0 Å². The van der Waals surface area contributed by atoms with Crippen molar-refractivity contribution in [3.05, 3.63) is 57.6 Å². The van der Waals surface area contributed by atoms with Gasteiger partial charge in [-0.1, -0.05) is 23.2 Å². The molecule has 0 unspecified atom stereocenters. The van der Waals surface area contributed by atoms with Gasteiger partial charge in [-0.3, -0.25) is 10.8 Å². The van der Waals surface area contributed by atoms with Crippen molar-refractivity contribution in [3.63, 3.8) is 0 Å². The van der Waals surface area contributed by atoms with Crippen LogP contribution in [0.2, 0.25) is 10.0 Å². The molecule has 1 fully saturated rings. The Bertz CT molecular complexity index is 1120. The Morgan fingerprint density at radius 3 is 1.39 bits per heavy atom. The van der Waals surface area contributed by atoms with Gasteiger partial charge in [-0.15, -0.1) is 0 Å². The van der Waals surface area contributed by atoms with Crippen LogP contribution in [0.15, 0.2) is 46.4 Å². The Balaban J connectivity index is 1.94. The van der Waals surface area contributed by atoms with Crippen molar-refractivity contribution in [2.24, 2.45) is 44.4 Å². The summed E-state index contributed by atoms with van der Waals surface area (Å²) in [4.78, 5) is 8.63. The van der Waals surface area contributed by atoms with E-state index in [0.717, 1.165) is 0 Å². The molecule has 14 heteroatoms. The van der Waals surface area contributed by atoms with Gasteiger partial charge in [0.15, 0.2) is 11.9 Å². The van der Waals surface area contributed by atoms with Crippen LogP contribution in [-0.2, 0) is 0 Å². The summed E-state index contributed by atoms with van der Waals surface area (Å²) in [5, 5.41) is 15.7. The maximum absolute atomic E-state index is 7.58. The molecule has 2 aromatic carbocycles. The van der Waals surface area contributed by atoms with Crippen LogP contribution in [0.3, 0.4) is 0 Å². The van der Waals surface area contributed by atoms with E-state index >= 15 is 0 Å². The lowest BCUT2D eigenvalue weighted by Crippen LogP contribution is -2.50. The average molecular weight is 535 g/mol. The van der Waals surface area contributed by atoms with Crippen molar-refractivity contribution in [1.82, 2.24) is 0 Å². The van der Waals surface area contributed by atoms with E-state index < -0.39 is 24.3 Å². The molecule has 0 spiro atoms. The highest BCUT2D eigenvalue weighted by molar-refractivity contribution is 6.32. The molecule has 36 heavy (non-hydrogen) atoms. The topological polar surface area (TPSA) is 247 Å². The van der Waals surface area contributed by atoms with Gasteiger partial charge in [0, 0.05) is 17.5 Å². The van der Waals surface area contributed by atoms with Gasteiger partial charge in [-0.25, -0.2) is 9.98 Å². The smallest absolute Gasteiger partial charge is 0.186 e. The van der Waals surface area contributed by atoms with E-state index in [1.807, 2.05) is 0 Å². The Morgan fingerprint density at radius 2 is 1.08 bits per heavy atom. The van der Waals surface area contributed by atoms with Gasteiger partial charge in [-0.2, -0.15) is 0 Å². The highest BCUT2D eigenvalue weighted by Gasteiger charge is 2.41. The van der Waals surface area contributed by atoms with E-state index in [9.17, 15) is 0 Å². The Labute approximate surface area is 217 Å². The summed E-state index contributed by atoms with van der Waals surface area (Å²) in [6.45, 7) is 0. The third-order valence-electron chi connectivity index (χ3n) is 5.48. The van der Waals surface area contributed by atoms with Crippen LogP contribution in [0.4, 0.5) is 0 Å². The Hall–Kier alpha value is -3.90. The Kier molecular flexibility index (Phi) is 8.33. The lowest BCUT2D eigenvalue weighted by molar-refractivity contribution is 0.0417. The molecule has 3 rings (SSSR count). The minimum Gasteiger partial charge on any atom is -0.486 e. The molecule has 0 bridgehead atoms. The molecule has 0 heterocycles. The fourth-order valence-corrected chi connectivity index (χ4v) is 4.31. The summed E-state index contributed by atoms with van der Waals surface area (Å²) in [6.07, 6.45) is -0.618. The molecule has 0 amide bonds. The highest BCUT2D eigenvalue weighted by atomic mass is 35.5. The molecule has 2 aromatic rings. The van der Waals surface area contributed by atoms with Crippen molar-refractivity contribution >= 4 is 46.8 Å². The van der Waals surface area contributed by atoms with Crippen LogP contribution >= 0.6 is 23.2 Å². The van der Waals surface area contributed by atoms with Crippen LogP contribution < -0.4 is 43.9 Å². The van der Waals surface area contributed by atoms with Gasteiger partial charge < -0.3 is 43.9 Å². The number of halogens is 2. The number of nitrogens with zero attached hydrogens (tertiary/aromatic N) is 2. The number of hydrogen-bond donors (Lipinski definition) is 8. The monoisotopic (exact) mass is 534 g/mol. The van der Waals surface area contributed by atoms with Crippen molar-refractivity contribution in [3.8, 4) is 11.5 Å². The second-order valence-corrected chi connectivity index (χ2v) is 8.96. The lowest BCUT2D eigenvalue weighted by atomic mass is 9.86. The molecule has 14 N–H and O–H groups in total. The van der Waals surface area contributed by atoms with Crippen molar-refractivity contribution < 1.29 is 9.47 Å². The predicted octanol–water partition coefficient (Wildman–Crippen LogP) is 0.834. The number of amidine groups is 2. The molecule has 0 radical (unpaired) electrons. The molecule has 0 aromatic heterocycles. The first kappa shape index (κ1) is 26.7. The second kappa shape index (κ2) is 11.2. The number of nitrogens with two attached hydrogens (primary N) is 6. The number of hydrogen-bond acceptors (Lipinski definition) is 6. The molecular formula is C22H28Cl2N10O2. The quantitative estimate of drug-likeness (QED) is 0.177. The normalized spacial score (nSPS) is 21.2. The molecule has 0 saturated heterocycles. The molecule has 4 atom stereocenters. The lowest BCUT2D eigenvalue weighted by Gasteiger charge is -2.38. The third kappa shape index (κ3) is 6.61. The third-order valence-corrected chi connectivity index (χ3v) is 6.07. The van der Waals surface area contributed by atoms with Crippen LogP contribution in [0.25, 0.3) is 0 Å². The zero-order valence-corrected chi connectivity index (χ0v) is 20.6. The van der Waals surface area contributed by atoms with Gasteiger partial charge in [0.05, 0.1) is 22.1 Å². The van der Waals surface area contributed by atoms with E-state index in [1.165, 1.54) is 12.1 Å². The van der Waals surface area contributed by atoms with Crippen LogP contribution in [0, 0.1) is 10.8 Å². The van der Waals surface area contributed by atoms with Gasteiger partial charge in [-0.05, 0) is 42.8 Å².